The van der Waals surface area contributed by atoms with Crippen LogP contribution in [0, 0.1) is 6.92 Å². The number of hydrogen-bond acceptors (Lipinski definition) is 6. The maximum atomic E-state index is 12.4. The summed E-state index contributed by atoms with van der Waals surface area (Å²) in [7, 11) is -4.01. The topological polar surface area (TPSA) is 78.9 Å². The molecular weight excluding hydrogens is 308 g/mol. The highest BCUT2D eigenvalue weighted by atomic mass is 32.2. The number of fused-ring (bicyclic) bond motifs is 1. The van der Waals surface area contributed by atoms with Crippen LogP contribution in [0.4, 0.5) is 0 Å². The summed E-state index contributed by atoms with van der Waals surface area (Å²) < 4.78 is 40.3. The Labute approximate surface area is 127 Å². The van der Waals surface area contributed by atoms with Gasteiger partial charge in [0.1, 0.15) is 16.9 Å². The predicted octanol–water partition coefficient (Wildman–Crippen LogP) is 2.30. The molecule has 0 aliphatic carbocycles. The normalized spacial score (nSPS) is 13.0. The van der Waals surface area contributed by atoms with Crippen LogP contribution in [-0.4, -0.2) is 21.5 Å². The molecule has 22 heavy (non-hydrogen) atoms. The quantitative estimate of drug-likeness (QED) is 0.635. The van der Waals surface area contributed by atoms with Gasteiger partial charge in [0.25, 0.3) is 0 Å². The third-order valence-corrected chi connectivity index (χ3v) is 4.55. The summed E-state index contributed by atoms with van der Waals surface area (Å²) in [6.07, 6.45) is 0.667. The van der Waals surface area contributed by atoms with Crippen molar-refractivity contribution >= 4 is 16.4 Å². The molecule has 6 nitrogen and oxygen atoms in total. The van der Waals surface area contributed by atoms with Gasteiger partial charge in [-0.05, 0) is 42.8 Å². The van der Waals surface area contributed by atoms with E-state index in [1.165, 1.54) is 30.3 Å². The second kappa shape index (κ2) is 5.34. The Bertz CT molecular complexity index is 824. The van der Waals surface area contributed by atoms with Crippen molar-refractivity contribution in [1.29, 1.82) is 0 Å². The fourth-order valence-corrected chi connectivity index (χ4v) is 3.23. The highest BCUT2D eigenvalue weighted by Crippen LogP contribution is 2.36. The molecule has 0 N–H and O–H groups in total. The Hall–Kier alpha value is -2.54. The molecule has 1 heterocycles. The highest BCUT2D eigenvalue weighted by molar-refractivity contribution is 7.87. The average molecular weight is 320 g/mol. The van der Waals surface area contributed by atoms with Gasteiger partial charge in [-0.3, -0.25) is 4.79 Å². The van der Waals surface area contributed by atoms with Crippen LogP contribution < -0.4 is 13.7 Å². The first-order valence-corrected chi connectivity index (χ1v) is 7.80. The molecular formula is C15H12O6S. The first-order chi connectivity index (χ1) is 10.5. The highest BCUT2D eigenvalue weighted by Gasteiger charge is 2.24. The minimum atomic E-state index is -4.01. The molecule has 114 valence electrons. The van der Waals surface area contributed by atoms with E-state index in [1.807, 2.05) is 0 Å². The first kappa shape index (κ1) is 14.4. The summed E-state index contributed by atoms with van der Waals surface area (Å²) >= 11 is 0. The molecule has 0 aromatic heterocycles. The Balaban J connectivity index is 1.94. The maximum Gasteiger partial charge on any atom is 0.339 e. The van der Waals surface area contributed by atoms with Gasteiger partial charge in [-0.1, -0.05) is 0 Å². The summed E-state index contributed by atoms with van der Waals surface area (Å²) in [6, 6.07) is 8.77. The number of rotatable bonds is 4. The second-order valence-corrected chi connectivity index (χ2v) is 6.21. The zero-order valence-corrected chi connectivity index (χ0v) is 12.4. The number of carbonyl (C=O) groups is 1. The Morgan fingerprint density at radius 3 is 2.36 bits per heavy atom. The van der Waals surface area contributed by atoms with Gasteiger partial charge in [-0.2, -0.15) is 8.42 Å². The zero-order valence-electron chi connectivity index (χ0n) is 11.6. The molecule has 7 heteroatoms. The summed E-state index contributed by atoms with van der Waals surface area (Å²) in [5.41, 5.74) is 0.928. The molecule has 0 fully saturated rings. The van der Waals surface area contributed by atoms with Crippen LogP contribution in [0.5, 0.6) is 17.2 Å². The number of hydrogen-bond donors (Lipinski definition) is 0. The van der Waals surface area contributed by atoms with Crippen LogP contribution in [-0.2, 0) is 10.1 Å². The lowest BCUT2D eigenvalue weighted by Gasteiger charge is -2.10. The Morgan fingerprint density at radius 1 is 1.09 bits per heavy atom. The van der Waals surface area contributed by atoms with E-state index in [9.17, 15) is 13.2 Å². The third-order valence-electron chi connectivity index (χ3n) is 3.16. The fourth-order valence-electron chi connectivity index (χ4n) is 2.07. The van der Waals surface area contributed by atoms with Gasteiger partial charge in [-0.15, -0.1) is 0 Å². The van der Waals surface area contributed by atoms with Gasteiger partial charge in [0, 0.05) is 11.6 Å². The molecule has 0 saturated heterocycles. The summed E-state index contributed by atoms with van der Waals surface area (Å²) in [4.78, 5) is 10.6. The number of aryl methyl sites for hydroxylation is 1. The Morgan fingerprint density at radius 2 is 1.73 bits per heavy atom. The summed E-state index contributed by atoms with van der Waals surface area (Å²) in [6.45, 7) is 1.71. The van der Waals surface area contributed by atoms with Crippen molar-refractivity contribution in [2.75, 3.05) is 6.79 Å². The van der Waals surface area contributed by atoms with E-state index >= 15 is 0 Å². The molecule has 0 radical (unpaired) electrons. The zero-order chi connectivity index (χ0) is 15.7. The van der Waals surface area contributed by atoms with Gasteiger partial charge in [-0.25, -0.2) is 0 Å². The van der Waals surface area contributed by atoms with Crippen LogP contribution in [0.1, 0.15) is 15.9 Å². The van der Waals surface area contributed by atoms with Gasteiger partial charge in [0.05, 0.1) is 0 Å². The maximum absolute atomic E-state index is 12.4. The van der Waals surface area contributed by atoms with E-state index in [-0.39, 0.29) is 17.4 Å². The smallest absolute Gasteiger partial charge is 0.339 e. The van der Waals surface area contributed by atoms with Gasteiger partial charge < -0.3 is 13.7 Å². The first-order valence-electron chi connectivity index (χ1n) is 6.39. The van der Waals surface area contributed by atoms with Crippen LogP contribution >= 0.6 is 0 Å². The van der Waals surface area contributed by atoms with Crippen molar-refractivity contribution in [3.8, 4) is 17.2 Å². The lowest BCUT2D eigenvalue weighted by atomic mass is 10.2. The molecule has 0 bridgehead atoms. The molecule has 2 aromatic carbocycles. The fraction of sp³-hybridized carbons (Fsp3) is 0.133. The summed E-state index contributed by atoms with van der Waals surface area (Å²) in [5, 5.41) is 0. The largest absolute Gasteiger partial charge is 0.454 e. The standard InChI is InChI=1S/C15H12O6S/c1-10-6-13-14(20-9-19-13)7-15(10)22(17,18)21-12-4-2-11(8-16)3-5-12/h2-8H,9H2,1H3. The lowest BCUT2D eigenvalue weighted by molar-refractivity contribution is 0.112. The van der Waals surface area contributed by atoms with Gasteiger partial charge in [0.2, 0.25) is 6.79 Å². The number of aldehydes is 1. The average Bonchev–Trinajstić information content (AvgIpc) is 2.94. The van der Waals surface area contributed by atoms with Gasteiger partial charge >= 0.3 is 10.1 Å². The molecule has 2 aromatic rings. The molecule has 0 unspecified atom stereocenters. The van der Waals surface area contributed by atoms with E-state index in [1.54, 1.807) is 13.0 Å². The molecule has 0 amide bonds. The molecule has 1 aliphatic rings. The molecule has 0 spiro atoms. The third kappa shape index (κ3) is 2.62. The lowest BCUT2D eigenvalue weighted by Crippen LogP contribution is -2.11. The van der Waals surface area contributed by atoms with Crippen LogP contribution in [0.15, 0.2) is 41.3 Å². The van der Waals surface area contributed by atoms with Crippen molar-refractivity contribution in [3.05, 3.63) is 47.5 Å². The van der Waals surface area contributed by atoms with E-state index in [2.05, 4.69) is 0 Å². The summed E-state index contributed by atoms with van der Waals surface area (Å²) in [5.74, 6) is 0.999. The Kier molecular flexibility index (Phi) is 3.50. The minimum Gasteiger partial charge on any atom is -0.454 e. The van der Waals surface area contributed by atoms with E-state index in [4.69, 9.17) is 13.7 Å². The van der Waals surface area contributed by atoms with Crippen molar-refractivity contribution in [2.45, 2.75) is 11.8 Å². The van der Waals surface area contributed by atoms with Crippen molar-refractivity contribution < 1.29 is 26.9 Å². The molecule has 3 rings (SSSR count). The minimum absolute atomic E-state index is 0.0104. The number of benzene rings is 2. The van der Waals surface area contributed by atoms with Crippen molar-refractivity contribution in [1.82, 2.24) is 0 Å². The van der Waals surface area contributed by atoms with Crippen LogP contribution in [0.25, 0.3) is 0 Å². The van der Waals surface area contributed by atoms with E-state index in [0.29, 0.717) is 28.9 Å². The van der Waals surface area contributed by atoms with Gasteiger partial charge in [0.15, 0.2) is 11.5 Å². The van der Waals surface area contributed by atoms with Crippen molar-refractivity contribution in [2.24, 2.45) is 0 Å². The second-order valence-electron chi connectivity index (χ2n) is 4.70. The van der Waals surface area contributed by atoms with Crippen LogP contribution in [0.3, 0.4) is 0 Å². The van der Waals surface area contributed by atoms with Crippen molar-refractivity contribution in [3.63, 3.8) is 0 Å². The molecule has 0 saturated carbocycles. The van der Waals surface area contributed by atoms with E-state index < -0.39 is 10.1 Å². The number of ether oxygens (including phenoxy) is 2. The van der Waals surface area contributed by atoms with Crippen LogP contribution in [0.2, 0.25) is 0 Å². The SMILES string of the molecule is Cc1cc2c(cc1S(=O)(=O)Oc1ccc(C=O)cc1)OCO2. The van der Waals surface area contributed by atoms with E-state index in [0.717, 1.165) is 0 Å². The number of carbonyl (C=O) groups excluding carboxylic acids is 1. The predicted molar refractivity (Wildman–Crippen MR) is 76.9 cm³/mol. The molecule has 1 aliphatic heterocycles. The monoisotopic (exact) mass is 320 g/mol. The molecule has 0 atom stereocenters.